The lowest BCUT2D eigenvalue weighted by Crippen LogP contribution is -2.34. The molecule has 108 valence electrons. The number of carbonyl (C=O) groups is 2. The highest BCUT2D eigenvalue weighted by Gasteiger charge is 2.13. The highest BCUT2D eigenvalue weighted by atomic mass is 32.2. The van der Waals surface area contributed by atoms with E-state index in [9.17, 15) is 18.0 Å². The average molecular weight is 288 g/mol. The van der Waals surface area contributed by atoms with Gasteiger partial charge in [0.2, 0.25) is 21.8 Å². The molecule has 0 saturated carbocycles. The molecule has 0 radical (unpaired) electrons. The van der Waals surface area contributed by atoms with Crippen molar-refractivity contribution in [2.45, 2.75) is 32.1 Å². The monoisotopic (exact) mass is 288 g/mol. The minimum atomic E-state index is -3.52. The van der Waals surface area contributed by atoms with E-state index in [2.05, 4.69) is 17.5 Å². The number of hydrogen-bond donors (Lipinski definition) is 2. The molecule has 0 heterocycles. The fourth-order valence-electron chi connectivity index (χ4n) is 1.94. The van der Waals surface area contributed by atoms with E-state index >= 15 is 0 Å². The summed E-state index contributed by atoms with van der Waals surface area (Å²) in [6, 6.07) is 0. The molecule has 7 heteroatoms. The first kappa shape index (κ1) is 15.7. The van der Waals surface area contributed by atoms with Gasteiger partial charge in [0.1, 0.15) is 0 Å². The lowest BCUT2D eigenvalue weighted by Gasteiger charge is -2.15. The Morgan fingerprint density at radius 2 is 2.05 bits per heavy atom. The Balaban J connectivity index is 2.18. The maximum atomic E-state index is 11.6. The van der Waals surface area contributed by atoms with Gasteiger partial charge < -0.3 is 5.32 Å². The van der Waals surface area contributed by atoms with Crippen LogP contribution in [0.5, 0.6) is 0 Å². The summed E-state index contributed by atoms with van der Waals surface area (Å²) in [5.41, 5.74) is 0. The molecule has 0 aromatic heterocycles. The van der Waals surface area contributed by atoms with Crippen molar-refractivity contribution >= 4 is 21.8 Å². The normalized spacial score (nSPS) is 18.9. The lowest BCUT2D eigenvalue weighted by molar-refractivity contribution is -0.122. The van der Waals surface area contributed by atoms with Gasteiger partial charge in [-0.2, -0.15) is 0 Å². The predicted octanol–water partition coefficient (Wildman–Crippen LogP) is 0.315. The molecule has 0 aliphatic heterocycles. The average Bonchev–Trinajstić information content (AvgIpc) is 2.27. The molecule has 1 atom stereocenters. The van der Waals surface area contributed by atoms with Crippen molar-refractivity contribution in [3.8, 4) is 0 Å². The molecule has 0 saturated heterocycles. The van der Waals surface area contributed by atoms with Crippen molar-refractivity contribution in [1.29, 1.82) is 0 Å². The van der Waals surface area contributed by atoms with Gasteiger partial charge in [-0.25, -0.2) is 8.42 Å². The van der Waals surface area contributed by atoms with E-state index in [0.29, 0.717) is 6.42 Å². The zero-order valence-electron chi connectivity index (χ0n) is 11.0. The number of rotatable bonds is 6. The third-order valence-corrected chi connectivity index (χ3v) is 3.37. The summed E-state index contributed by atoms with van der Waals surface area (Å²) >= 11 is 0. The largest absolute Gasteiger partial charge is 0.356 e. The third kappa shape index (κ3) is 7.61. The second kappa shape index (κ2) is 7.28. The Morgan fingerprint density at radius 3 is 2.63 bits per heavy atom. The summed E-state index contributed by atoms with van der Waals surface area (Å²) in [4.78, 5) is 22.8. The van der Waals surface area contributed by atoms with Gasteiger partial charge in [-0.3, -0.25) is 14.3 Å². The second-order valence-corrected chi connectivity index (χ2v) is 6.47. The lowest BCUT2D eigenvalue weighted by atomic mass is 9.93. The van der Waals surface area contributed by atoms with Crippen LogP contribution >= 0.6 is 0 Å². The highest BCUT2D eigenvalue weighted by Crippen LogP contribution is 2.19. The van der Waals surface area contributed by atoms with E-state index in [1.54, 1.807) is 0 Å². The van der Waals surface area contributed by atoms with Gasteiger partial charge in [-0.1, -0.05) is 12.2 Å². The SMILES string of the molecule is CS(=O)(=O)NC(=O)CCNC(=O)CC1C=CCCC1. The first-order valence-electron chi connectivity index (χ1n) is 6.31. The molecule has 0 aromatic rings. The van der Waals surface area contributed by atoms with Crippen LogP contribution in [0.15, 0.2) is 12.2 Å². The minimum Gasteiger partial charge on any atom is -0.356 e. The Bertz CT molecular complexity index is 456. The minimum absolute atomic E-state index is 0.0423. The quantitative estimate of drug-likeness (QED) is 0.688. The van der Waals surface area contributed by atoms with Crippen LogP contribution in [-0.2, 0) is 19.6 Å². The van der Waals surface area contributed by atoms with Crippen molar-refractivity contribution in [2.24, 2.45) is 5.92 Å². The van der Waals surface area contributed by atoms with Crippen molar-refractivity contribution in [1.82, 2.24) is 10.0 Å². The van der Waals surface area contributed by atoms with Crippen molar-refractivity contribution in [3.05, 3.63) is 12.2 Å². The molecular formula is C12H20N2O4S. The molecule has 6 nitrogen and oxygen atoms in total. The van der Waals surface area contributed by atoms with Gasteiger partial charge in [0, 0.05) is 19.4 Å². The van der Waals surface area contributed by atoms with E-state index in [1.807, 2.05) is 4.72 Å². The molecule has 1 rings (SSSR count). The van der Waals surface area contributed by atoms with Gasteiger partial charge >= 0.3 is 0 Å². The zero-order chi connectivity index (χ0) is 14.3. The second-order valence-electron chi connectivity index (χ2n) is 4.72. The predicted molar refractivity (Wildman–Crippen MR) is 71.7 cm³/mol. The number of nitrogens with one attached hydrogen (secondary N) is 2. The smallest absolute Gasteiger partial charge is 0.235 e. The molecule has 1 aliphatic rings. The summed E-state index contributed by atoms with van der Waals surface area (Å²) in [7, 11) is -3.52. The maximum Gasteiger partial charge on any atom is 0.235 e. The van der Waals surface area contributed by atoms with Crippen LogP contribution in [0, 0.1) is 5.92 Å². The molecule has 2 N–H and O–H groups in total. The third-order valence-electron chi connectivity index (χ3n) is 2.77. The Kier molecular flexibility index (Phi) is 6.01. The van der Waals surface area contributed by atoms with E-state index < -0.39 is 15.9 Å². The van der Waals surface area contributed by atoms with Crippen molar-refractivity contribution < 1.29 is 18.0 Å². The van der Waals surface area contributed by atoms with E-state index in [-0.39, 0.29) is 24.8 Å². The molecular weight excluding hydrogens is 268 g/mol. The fourth-order valence-corrected chi connectivity index (χ4v) is 2.45. The topological polar surface area (TPSA) is 92.3 Å². The number of sulfonamides is 1. The first-order chi connectivity index (χ1) is 8.87. The number of allylic oxidation sites excluding steroid dienone is 2. The standard InChI is InChI=1S/C12H20N2O4S/c1-19(17,18)14-11(15)7-8-13-12(16)9-10-5-3-2-4-6-10/h3,5,10H,2,4,6-9H2,1H3,(H,13,16)(H,14,15). The van der Waals surface area contributed by atoms with Gasteiger partial charge in [0.15, 0.2) is 0 Å². The van der Waals surface area contributed by atoms with Gasteiger partial charge in [0.25, 0.3) is 0 Å². The molecule has 1 aliphatic carbocycles. The molecule has 1 unspecified atom stereocenters. The summed E-state index contributed by atoms with van der Waals surface area (Å²) in [5.74, 6) is -0.442. The van der Waals surface area contributed by atoms with Crippen LogP contribution in [0.2, 0.25) is 0 Å². The first-order valence-corrected chi connectivity index (χ1v) is 8.20. The summed E-state index contributed by atoms with van der Waals surface area (Å²) in [6.45, 7) is 0.149. The van der Waals surface area contributed by atoms with Gasteiger partial charge in [-0.05, 0) is 25.2 Å². The van der Waals surface area contributed by atoms with Crippen LogP contribution in [0.4, 0.5) is 0 Å². The van der Waals surface area contributed by atoms with Crippen LogP contribution < -0.4 is 10.0 Å². The molecule has 19 heavy (non-hydrogen) atoms. The van der Waals surface area contributed by atoms with Gasteiger partial charge in [0.05, 0.1) is 6.26 Å². The fraction of sp³-hybridized carbons (Fsp3) is 0.667. The van der Waals surface area contributed by atoms with E-state index in [1.165, 1.54) is 0 Å². The molecule has 0 aromatic carbocycles. The van der Waals surface area contributed by atoms with E-state index in [0.717, 1.165) is 25.5 Å². The molecule has 2 amide bonds. The number of carbonyl (C=O) groups excluding carboxylic acids is 2. The Labute approximate surface area is 113 Å². The Hall–Kier alpha value is -1.37. The summed E-state index contributed by atoms with van der Waals surface area (Å²) in [6.07, 6.45) is 8.62. The molecule has 0 spiro atoms. The maximum absolute atomic E-state index is 11.6. The van der Waals surface area contributed by atoms with E-state index in [4.69, 9.17) is 0 Å². The van der Waals surface area contributed by atoms with Crippen LogP contribution in [0.25, 0.3) is 0 Å². The molecule has 0 fully saturated rings. The van der Waals surface area contributed by atoms with Crippen LogP contribution in [-0.4, -0.2) is 33.0 Å². The summed E-state index contributed by atoms with van der Waals surface area (Å²) < 4.78 is 23.4. The zero-order valence-corrected chi connectivity index (χ0v) is 11.8. The summed E-state index contributed by atoms with van der Waals surface area (Å²) in [5, 5.41) is 2.62. The van der Waals surface area contributed by atoms with Crippen molar-refractivity contribution in [3.63, 3.8) is 0 Å². The number of amides is 2. The van der Waals surface area contributed by atoms with Gasteiger partial charge in [-0.15, -0.1) is 0 Å². The van der Waals surface area contributed by atoms with Crippen LogP contribution in [0.1, 0.15) is 32.1 Å². The number of hydrogen-bond acceptors (Lipinski definition) is 4. The van der Waals surface area contributed by atoms with Crippen LogP contribution in [0.3, 0.4) is 0 Å². The highest BCUT2D eigenvalue weighted by molar-refractivity contribution is 7.89. The Morgan fingerprint density at radius 1 is 1.32 bits per heavy atom. The van der Waals surface area contributed by atoms with Crippen molar-refractivity contribution in [2.75, 3.05) is 12.8 Å². The molecule has 0 bridgehead atoms.